The molecule has 4 rings (SSSR count). The number of morpholine rings is 1. The van der Waals surface area contributed by atoms with Crippen LogP contribution in [0, 0.1) is 5.92 Å². The molecular formula is C21H31N5O2. The average Bonchev–Trinajstić information content (AvgIpc) is 3.15. The number of anilines is 2. The van der Waals surface area contributed by atoms with E-state index in [1.165, 1.54) is 25.1 Å². The van der Waals surface area contributed by atoms with Crippen molar-refractivity contribution in [2.75, 3.05) is 63.7 Å². The zero-order valence-corrected chi connectivity index (χ0v) is 16.9. The van der Waals surface area contributed by atoms with Gasteiger partial charge < -0.3 is 20.1 Å². The number of nitrogens with zero attached hydrogens (tertiary/aromatic N) is 4. The lowest BCUT2D eigenvalue weighted by molar-refractivity contribution is 0.0289. The first-order valence-corrected chi connectivity index (χ1v) is 10.2. The molecule has 2 aliphatic heterocycles. The van der Waals surface area contributed by atoms with E-state index in [1.54, 1.807) is 7.11 Å². The van der Waals surface area contributed by atoms with Crippen molar-refractivity contribution in [2.24, 2.45) is 13.0 Å². The van der Waals surface area contributed by atoms with Gasteiger partial charge in [-0.15, -0.1) is 0 Å². The van der Waals surface area contributed by atoms with Gasteiger partial charge in [-0.2, -0.15) is 5.10 Å². The molecule has 1 aromatic heterocycles. The number of benzene rings is 1. The first kappa shape index (κ1) is 19.1. The van der Waals surface area contributed by atoms with Gasteiger partial charge in [-0.1, -0.05) is 0 Å². The molecule has 0 aliphatic carbocycles. The lowest BCUT2D eigenvalue weighted by Crippen LogP contribution is -2.43. The third-order valence-corrected chi connectivity index (χ3v) is 5.94. The lowest BCUT2D eigenvalue weighted by Gasteiger charge is -2.37. The monoisotopic (exact) mass is 385 g/mol. The molecular weight excluding hydrogens is 354 g/mol. The Kier molecular flexibility index (Phi) is 5.73. The van der Waals surface area contributed by atoms with Crippen LogP contribution in [0.3, 0.4) is 0 Å². The summed E-state index contributed by atoms with van der Waals surface area (Å²) < 4.78 is 12.8. The number of nitrogen functional groups attached to an aromatic ring is 1. The molecule has 0 spiro atoms. The Hall–Kier alpha value is -2.25. The number of aromatic nitrogens is 2. The number of methoxy groups -OCH3 is 1. The van der Waals surface area contributed by atoms with E-state index in [-0.39, 0.29) is 0 Å². The van der Waals surface area contributed by atoms with Crippen LogP contribution >= 0.6 is 0 Å². The van der Waals surface area contributed by atoms with Crippen LogP contribution in [0.1, 0.15) is 12.8 Å². The zero-order valence-electron chi connectivity index (χ0n) is 16.9. The first-order valence-electron chi connectivity index (χ1n) is 10.2. The van der Waals surface area contributed by atoms with Gasteiger partial charge in [0, 0.05) is 68.8 Å². The maximum Gasteiger partial charge on any atom is 0.143 e. The normalized spacial score (nSPS) is 19.1. The van der Waals surface area contributed by atoms with Crippen molar-refractivity contribution < 1.29 is 9.47 Å². The molecule has 152 valence electrons. The first-order chi connectivity index (χ1) is 13.6. The Balaban J connectivity index is 1.50. The van der Waals surface area contributed by atoms with Crippen LogP contribution in [0.15, 0.2) is 24.5 Å². The van der Waals surface area contributed by atoms with Crippen LogP contribution in [0.25, 0.3) is 11.1 Å². The highest BCUT2D eigenvalue weighted by molar-refractivity contribution is 5.83. The van der Waals surface area contributed by atoms with Crippen molar-refractivity contribution in [2.45, 2.75) is 12.8 Å². The molecule has 2 saturated heterocycles. The minimum absolute atomic E-state index is 0.660. The zero-order chi connectivity index (χ0) is 19.5. The molecule has 3 heterocycles. The molecule has 1 aromatic carbocycles. The van der Waals surface area contributed by atoms with E-state index >= 15 is 0 Å². The summed E-state index contributed by atoms with van der Waals surface area (Å²) >= 11 is 0. The number of ether oxygens (including phenoxy) is 2. The Morgan fingerprint density at radius 1 is 1.18 bits per heavy atom. The molecule has 0 atom stereocenters. The van der Waals surface area contributed by atoms with Gasteiger partial charge in [-0.05, 0) is 24.8 Å². The van der Waals surface area contributed by atoms with Gasteiger partial charge in [0.1, 0.15) is 5.75 Å². The Morgan fingerprint density at radius 2 is 1.93 bits per heavy atom. The summed E-state index contributed by atoms with van der Waals surface area (Å²) in [5.41, 5.74) is 10.3. The highest BCUT2D eigenvalue weighted by Crippen LogP contribution is 2.39. The predicted octanol–water partition coefficient (Wildman–Crippen LogP) is 2.23. The molecule has 7 heteroatoms. The number of aryl methyl sites for hydroxylation is 1. The van der Waals surface area contributed by atoms with E-state index in [0.29, 0.717) is 5.69 Å². The molecule has 0 saturated carbocycles. The SMILES string of the molecule is COc1cc(N2CCC(CN3CCOCC3)CC2)c(-c2cnn(C)c2)cc1N. The standard InChI is InChI=1S/C21H31N5O2/c1-24-15-17(13-23-24)18-11-19(22)21(27-2)12-20(18)26-5-3-16(4-6-26)14-25-7-9-28-10-8-25/h11-13,15-16H,3-10,14,22H2,1-2H3. The summed E-state index contributed by atoms with van der Waals surface area (Å²) in [5, 5.41) is 4.34. The highest BCUT2D eigenvalue weighted by Gasteiger charge is 2.25. The van der Waals surface area contributed by atoms with Gasteiger partial charge in [0.15, 0.2) is 0 Å². The molecule has 2 N–H and O–H groups in total. The number of piperidine rings is 1. The summed E-state index contributed by atoms with van der Waals surface area (Å²) in [7, 11) is 3.61. The number of rotatable bonds is 5. The second-order valence-corrected chi connectivity index (χ2v) is 7.86. The van der Waals surface area contributed by atoms with Crippen molar-refractivity contribution in [1.29, 1.82) is 0 Å². The minimum Gasteiger partial charge on any atom is -0.495 e. The van der Waals surface area contributed by atoms with Crippen LogP contribution in [0.2, 0.25) is 0 Å². The maximum atomic E-state index is 6.21. The fourth-order valence-corrected chi connectivity index (χ4v) is 4.32. The van der Waals surface area contributed by atoms with Gasteiger partial charge in [0.2, 0.25) is 0 Å². The van der Waals surface area contributed by atoms with Crippen LogP contribution in [-0.4, -0.2) is 67.7 Å². The minimum atomic E-state index is 0.660. The molecule has 2 aliphatic rings. The summed E-state index contributed by atoms with van der Waals surface area (Å²) in [5.74, 6) is 1.49. The van der Waals surface area contributed by atoms with E-state index < -0.39 is 0 Å². The Bertz CT molecular complexity index is 792. The van der Waals surface area contributed by atoms with Gasteiger partial charge in [-0.25, -0.2) is 0 Å². The third-order valence-electron chi connectivity index (χ3n) is 5.94. The van der Waals surface area contributed by atoms with Crippen LogP contribution < -0.4 is 15.4 Å². The summed E-state index contributed by atoms with van der Waals surface area (Å²) in [6.45, 7) is 7.18. The van der Waals surface area contributed by atoms with Crippen LogP contribution in [0.4, 0.5) is 11.4 Å². The van der Waals surface area contributed by atoms with E-state index in [0.717, 1.165) is 62.2 Å². The molecule has 0 amide bonds. The Morgan fingerprint density at radius 3 is 2.57 bits per heavy atom. The van der Waals surface area contributed by atoms with Crippen LogP contribution in [0.5, 0.6) is 5.75 Å². The molecule has 0 bridgehead atoms. The summed E-state index contributed by atoms with van der Waals surface area (Å²) in [6, 6.07) is 4.10. The predicted molar refractivity (Wildman–Crippen MR) is 112 cm³/mol. The molecule has 7 nitrogen and oxygen atoms in total. The topological polar surface area (TPSA) is 68.8 Å². The molecule has 2 fully saturated rings. The fourth-order valence-electron chi connectivity index (χ4n) is 4.32. The van der Waals surface area contributed by atoms with Crippen LogP contribution in [-0.2, 0) is 11.8 Å². The molecule has 2 aromatic rings. The second kappa shape index (κ2) is 8.41. The van der Waals surface area contributed by atoms with Crippen molar-refractivity contribution in [3.63, 3.8) is 0 Å². The van der Waals surface area contributed by atoms with Crippen molar-refractivity contribution in [1.82, 2.24) is 14.7 Å². The largest absolute Gasteiger partial charge is 0.495 e. The third kappa shape index (κ3) is 4.10. The molecule has 0 radical (unpaired) electrons. The average molecular weight is 386 g/mol. The number of hydrogen-bond acceptors (Lipinski definition) is 6. The van der Waals surface area contributed by atoms with Crippen molar-refractivity contribution >= 4 is 11.4 Å². The Labute approximate surface area is 167 Å². The second-order valence-electron chi connectivity index (χ2n) is 7.86. The summed E-state index contributed by atoms with van der Waals surface area (Å²) in [4.78, 5) is 5.03. The van der Waals surface area contributed by atoms with E-state index in [2.05, 4.69) is 21.0 Å². The maximum absolute atomic E-state index is 6.21. The van der Waals surface area contributed by atoms with Gasteiger partial charge in [0.05, 0.1) is 32.2 Å². The summed E-state index contributed by atoms with van der Waals surface area (Å²) in [6.07, 6.45) is 6.35. The molecule has 0 unspecified atom stereocenters. The highest BCUT2D eigenvalue weighted by atomic mass is 16.5. The van der Waals surface area contributed by atoms with Gasteiger partial charge in [0.25, 0.3) is 0 Å². The van der Waals surface area contributed by atoms with E-state index in [9.17, 15) is 0 Å². The van der Waals surface area contributed by atoms with Gasteiger partial charge in [-0.3, -0.25) is 9.58 Å². The lowest BCUT2D eigenvalue weighted by atomic mass is 9.94. The smallest absolute Gasteiger partial charge is 0.143 e. The van der Waals surface area contributed by atoms with Crippen molar-refractivity contribution in [3.05, 3.63) is 24.5 Å². The fraction of sp³-hybridized carbons (Fsp3) is 0.571. The number of nitrogens with two attached hydrogens (primary N) is 1. The van der Waals surface area contributed by atoms with Gasteiger partial charge >= 0.3 is 0 Å². The van der Waals surface area contributed by atoms with Crippen molar-refractivity contribution in [3.8, 4) is 16.9 Å². The molecule has 28 heavy (non-hydrogen) atoms. The van der Waals surface area contributed by atoms with E-state index in [1.807, 2.05) is 30.2 Å². The quantitative estimate of drug-likeness (QED) is 0.796. The van der Waals surface area contributed by atoms with E-state index in [4.69, 9.17) is 15.2 Å². The number of hydrogen-bond donors (Lipinski definition) is 1.